The third-order valence-corrected chi connectivity index (χ3v) is 6.40. The second-order valence-electron chi connectivity index (χ2n) is 8.42. The van der Waals surface area contributed by atoms with E-state index in [0.717, 1.165) is 6.42 Å². The van der Waals surface area contributed by atoms with Crippen molar-refractivity contribution in [2.24, 2.45) is 5.92 Å². The van der Waals surface area contributed by atoms with Gasteiger partial charge in [-0.2, -0.15) is 0 Å². The normalized spacial score (nSPS) is 11.5. The van der Waals surface area contributed by atoms with Crippen LogP contribution in [0.3, 0.4) is 0 Å². The summed E-state index contributed by atoms with van der Waals surface area (Å²) in [5.74, 6) is 0.536. The van der Waals surface area contributed by atoms with Crippen LogP contribution in [0, 0.1) is 18.7 Å². The van der Waals surface area contributed by atoms with E-state index < -0.39 is 0 Å². The van der Waals surface area contributed by atoms with Gasteiger partial charge in [-0.25, -0.2) is 4.39 Å². The SMILES string of the molecule is Cc1ccc(CNC(=O)CSc2nnc3n(CCC(C)C)c(=O)c4ccccc4n23)cc1F. The average Bonchev–Trinajstić information content (AvgIpc) is 3.22. The molecule has 0 saturated heterocycles. The molecule has 0 bridgehead atoms. The van der Waals surface area contributed by atoms with E-state index in [-0.39, 0.29) is 29.6 Å². The molecule has 0 radical (unpaired) electrons. The average molecular weight is 468 g/mol. The molecule has 2 aromatic carbocycles. The van der Waals surface area contributed by atoms with Gasteiger partial charge in [-0.1, -0.05) is 49.9 Å². The van der Waals surface area contributed by atoms with Gasteiger partial charge in [0.1, 0.15) is 5.82 Å². The molecule has 0 unspecified atom stereocenters. The van der Waals surface area contributed by atoms with Gasteiger partial charge in [0.05, 0.1) is 16.7 Å². The number of carbonyl (C=O) groups excluding carboxylic acids is 1. The Morgan fingerprint density at radius 1 is 1.18 bits per heavy atom. The molecule has 9 heteroatoms. The van der Waals surface area contributed by atoms with E-state index in [1.807, 2.05) is 22.6 Å². The van der Waals surface area contributed by atoms with Crippen LogP contribution in [0.25, 0.3) is 16.7 Å². The minimum Gasteiger partial charge on any atom is -0.351 e. The van der Waals surface area contributed by atoms with Gasteiger partial charge in [0, 0.05) is 13.1 Å². The third-order valence-electron chi connectivity index (χ3n) is 5.47. The molecule has 0 aliphatic carbocycles. The Morgan fingerprint density at radius 2 is 1.97 bits per heavy atom. The molecule has 0 aliphatic rings. The molecule has 172 valence electrons. The number of halogens is 1. The number of aromatic nitrogens is 4. The number of hydrogen-bond donors (Lipinski definition) is 1. The lowest BCUT2D eigenvalue weighted by atomic mass is 10.1. The van der Waals surface area contributed by atoms with E-state index in [1.54, 1.807) is 29.7 Å². The molecule has 4 aromatic rings. The molecule has 0 aliphatic heterocycles. The molecule has 2 heterocycles. The number of hydrogen-bond acceptors (Lipinski definition) is 5. The van der Waals surface area contributed by atoms with Gasteiger partial charge in [-0.15, -0.1) is 10.2 Å². The first-order valence-corrected chi connectivity index (χ1v) is 11.8. The second-order valence-corrected chi connectivity index (χ2v) is 9.37. The summed E-state index contributed by atoms with van der Waals surface area (Å²) in [6.07, 6.45) is 0.839. The van der Waals surface area contributed by atoms with Crippen LogP contribution in [0.4, 0.5) is 4.39 Å². The minimum absolute atomic E-state index is 0.0919. The van der Waals surface area contributed by atoms with Crippen molar-refractivity contribution in [3.63, 3.8) is 0 Å². The first-order chi connectivity index (χ1) is 15.8. The summed E-state index contributed by atoms with van der Waals surface area (Å²) in [4.78, 5) is 25.5. The number of nitrogens with zero attached hydrogens (tertiary/aromatic N) is 4. The molecule has 2 aromatic heterocycles. The van der Waals surface area contributed by atoms with Crippen molar-refractivity contribution in [3.05, 3.63) is 69.8 Å². The zero-order valence-electron chi connectivity index (χ0n) is 18.8. The predicted octanol–water partition coefficient (Wildman–Crippen LogP) is 3.95. The molecule has 1 N–H and O–H groups in total. The van der Waals surface area contributed by atoms with Crippen molar-refractivity contribution in [1.82, 2.24) is 24.5 Å². The van der Waals surface area contributed by atoms with E-state index in [9.17, 15) is 14.0 Å². The topological polar surface area (TPSA) is 81.3 Å². The lowest BCUT2D eigenvalue weighted by molar-refractivity contribution is -0.118. The third kappa shape index (κ3) is 4.93. The monoisotopic (exact) mass is 467 g/mol. The van der Waals surface area contributed by atoms with Crippen LogP contribution in [0.1, 0.15) is 31.4 Å². The standard InChI is InChI=1S/C24H26FN5O2S/c1-15(2)10-11-29-22(32)18-6-4-5-7-20(18)30-23(29)27-28-24(30)33-14-21(31)26-13-17-9-8-16(3)19(25)12-17/h4-9,12,15H,10-11,13-14H2,1-3H3,(H,26,31). The van der Waals surface area contributed by atoms with E-state index in [2.05, 4.69) is 29.4 Å². The van der Waals surface area contributed by atoms with E-state index >= 15 is 0 Å². The van der Waals surface area contributed by atoms with Crippen molar-refractivity contribution >= 4 is 34.3 Å². The van der Waals surface area contributed by atoms with E-state index in [4.69, 9.17) is 0 Å². The molecule has 33 heavy (non-hydrogen) atoms. The lowest BCUT2D eigenvalue weighted by Gasteiger charge is -2.12. The van der Waals surface area contributed by atoms with Gasteiger partial charge in [0.15, 0.2) is 5.16 Å². The van der Waals surface area contributed by atoms with Crippen molar-refractivity contribution in [2.45, 2.75) is 45.4 Å². The molecular weight excluding hydrogens is 441 g/mol. The van der Waals surface area contributed by atoms with Crippen LogP contribution in [0.15, 0.2) is 52.4 Å². The number of nitrogens with one attached hydrogen (secondary N) is 1. The highest BCUT2D eigenvalue weighted by Gasteiger charge is 2.17. The number of para-hydroxylation sites is 1. The van der Waals surface area contributed by atoms with Crippen molar-refractivity contribution < 1.29 is 9.18 Å². The molecule has 0 spiro atoms. The summed E-state index contributed by atoms with van der Waals surface area (Å²) in [6, 6.07) is 12.3. The highest BCUT2D eigenvalue weighted by molar-refractivity contribution is 7.99. The fourth-order valence-corrected chi connectivity index (χ4v) is 4.31. The van der Waals surface area contributed by atoms with Gasteiger partial charge in [-0.05, 0) is 48.6 Å². The molecule has 0 fully saturated rings. The Bertz CT molecular complexity index is 1380. The zero-order chi connectivity index (χ0) is 23.5. The molecule has 1 amide bonds. The van der Waals surface area contributed by atoms with E-state index in [0.29, 0.717) is 45.4 Å². The maximum atomic E-state index is 13.7. The number of fused-ring (bicyclic) bond motifs is 3. The first-order valence-electron chi connectivity index (χ1n) is 10.9. The van der Waals surface area contributed by atoms with Crippen molar-refractivity contribution in [1.29, 1.82) is 0 Å². The predicted molar refractivity (Wildman–Crippen MR) is 128 cm³/mol. The summed E-state index contributed by atoms with van der Waals surface area (Å²) in [7, 11) is 0. The summed E-state index contributed by atoms with van der Waals surface area (Å²) >= 11 is 1.25. The Hall–Kier alpha value is -3.20. The Morgan fingerprint density at radius 3 is 2.73 bits per heavy atom. The summed E-state index contributed by atoms with van der Waals surface area (Å²) < 4.78 is 17.2. The number of benzene rings is 2. The largest absolute Gasteiger partial charge is 0.351 e. The summed E-state index contributed by atoms with van der Waals surface area (Å²) in [6.45, 7) is 6.70. The van der Waals surface area contributed by atoms with Crippen LogP contribution >= 0.6 is 11.8 Å². The van der Waals surface area contributed by atoms with Crippen LogP contribution in [0.5, 0.6) is 0 Å². The highest BCUT2D eigenvalue weighted by atomic mass is 32.2. The van der Waals surface area contributed by atoms with Crippen molar-refractivity contribution in [2.75, 3.05) is 5.75 Å². The number of carbonyl (C=O) groups is 1. The Labute approximate surface area is 195 Å². The number of aryl methyl sites for hydroxylation is 2. The van der Waals surface area contributed by atoms with Crippen LogP contribution < -0.4 is 10.9 Å². The molecule has 4 rings (SSSR count). The Balaban J connectivity index is 1.56. The smallest absolute Gasteiger partial charge is 0.262 e. The van der Waals surface area contributed by atoms with Gasteiger partial charge in [0.25, 0.3) is 5.56 Å². The molecular formula is C24H26FN5O2S. The lowest BCUT2D eigenvalue weighted by Crippen LogP contribution is -2.25. The number of rotatable bonds is 8. The van der Waals surface area contributed by atoms with Gasteiger partial charge in [0.2, 0.25) is 11.7 Å². The molecule has 7 nitrogen and oxygen atoms in total. The number of thioether (sulfide) groups is 1. The van der Waals surface area contributed by atoms with Gasteiger partial charge >= 0.3 is 0 Å². The fraction of sp³-hybridized carbons (Fsp3) is 0.333. The van der Waals surface area contributed by atoms with Crippen LogP contribution in [-0.4, -0.2) is 30.8 Å². The van der Waals surface area contributed by atoms with Gasteiger partial charge in [-0.3, -0.25) is 18.6 Å². The fourth-order valence-electron chi connectivity index (χ4n) is 3.54. The maximum Gasteiger partial charge on any atom is 0.262 e. The van der Waals surface area contributed by atoms with Crippen LogP contribution in [0.2, 0.25) is 0 Å². The van der Waals surface area contributed by atoms with Crippen LogP contribution in [-0.2, 0) is 17.9 Å². The second kappa shape index (κ2) is 9.74. The van der Waals surface area contributed by atoms with Gasteiger partial charge < -0.3 is 5.32 Å². The zero-order valence-corrected chi connectivity index (χ0v) is 19.7. The maximum absolute atomic E-state index is 13.7. The molecule has 0 atom stereocenters. The van der Waals surface area contributed by atoms with Crippen molar-refractivity contribution in [3.8, 4) is 0 Å². The highest BCUT2D eigenvalue weighted by Crippen LogP contribution is 2.22. The first kappa shape index (κ1) is 23.0. The number of amides is 1. The van der Waals surface area contributed by atoms with E-state index in [1.165, 1.54) is 17.8 Å². The Kier molecular flexibility index (Phi) is 6.78. The minimum atomic E-state index is -0.290. The summed E-state index contributed by atoms with van der Waals surface area (Å²) in [5.41, 5.74) is 1.88. The summed E-state index contributed by atoms with van der Waals surface area (Å²) in [5, 5.41) is 12.5. The quantitative estimate of drug-likeness (QED) is 0.397. The molecule has 0 saturated carbocycles.